The van der Waals surface area contributed by atoms with E-state index in [4.69, 9.17) is 5.11 Å². The Bertz CT molecular complexity index is 219. The normalized spacial score (nSPS) is 38.2. The summed E-state index contributed by atoms with van der Waals surface area (Å²) < 4.78 is 0. The minimum Gasteiger partial charge on any atom is -0.392 e. The molecule has 0 saturated carbocycles. The topological polar surface area (TPSA) is 93.0 Å². The van der Waals surface area contributed by atoms with Crippen LogP contribution in [-0.4, -0.2) is 57.9 Å². The van der Waals surface area contributed by atoms with Gasteiger partial charge in [0.15, 0.2) is 0 Å². The van der Waals surface area contributed by atoms with Crippen LogP contribution in [0.15, 0.2) is 11.6 Å². The lowest BCUT2D eigenvalue weighted by molar-refractivity contribution is -0.0639. The summed E-state index contributed by atoms with van der Waals surface area (Å²) >= 11 is 0. The van der Waals surface area contributed by atoms with Crippen molar-refractivity contribution in [1.29, 1.82) is 0 Å². The van der Waals surface area contributed by atoms with Gasteiger partial charge in [-0.15, -0.1) is 0 Å². The second-order valence-corrected chi connectivity index (χ2v) is 3.41. The lowest BCUT2D eigenvalue weighted by Crippen LogP contribution is -2.53. The zero-order chi connectivity index (χ0) is 10.7. The van der Waals surface area contributed by atoms with Crippen molar-refractivity contribution in [2.24, 2.45) is 0 Å². The van der Waals surface area contributed by atoms with Crippen molar-refractivity contribution < 1.29 is 20.4 Å². The molecule has 1 aliphatic carbocycles. The van der Waals surface area contributed by atoms with Crippen LogP contribution in [-0.2, 0) is 0 Å². The molecule has 0 radical (unpaired) electrons. The molecule has 0 saturated heterocycles. The van der Waals surface area contributed by atoms with E-state index in [-0.39, 0.29) is 6.61 Å². The van der Waals surface area contributed by atoms with Gasteiger partial charge in [0, 0.05) is 0 Å². The largest absolute Gasteiger partial charge is 0.392 e. The van der Waals surface area contributed by atoms with Crippen LogP contribution < -0.4 is 5.32 Å². The molecule has 4 unspecified atom stereocenters. The quantitative estimate of drug-likeness (QED) is 0.341. The van der Waals surface area contributed by atoms with Crippen LogP contribution in [0, 0.1) is 0 Å². The molecular formula is C9H17NO4. The van der Waals surface area contributed by atoms with Crippen LogP contribution in [0.2, 0.25) is 0 Å². The molecule has 1 rings (SSSR count). The van der Waals surface area contributed by atoms with Crippen molar-refractivity contribution in [2.45, 2.75) is 31.3 Å². The molecule has 1 aliphatic rings. The maximum Gasteiger partial charge on any atom is 0.111 e. The molecule has 0 fully saturated rings. The third-order valence-electron chi connectivity index (χ3n) is 2.44. The molecule has 0 aromatic heterocycles. The maximum absolute atomic E-state index is 9.55. The smallest absolute Gasteiger partial charge is 0.111 e. The Morgan fingerprint density at radius 2 is 1.93 bits per heavy atom. The molecule has 5 N–H and O–H groups in total. The van der Waals surface area contributed by atoms with Crippen LogP contribution in [0.25, 0.3) is 0 Å². The number of aliphatic hydroxyl groups is 4. The summed E-state index contributed by atoms with van der Waals surface area (Å²) in [5, 5.41) is 40.3. The molecule has 0 aromatic carbocycles. The zero-order valence-electron chi connectivity index (χ0n) is 8.09. The Morgan fingerprint density at radius 3 is 2.43 bits per heavy atom. The Kier molecular flexibility index (Phi) is 4.03. The van der Waals surface area contributed by atoms with E-state index in [0.29, 0.717) is 12.1 Å². The van der Waals surface area contributed by atoms with Crippen molar-refractivity contribution in [3.63, 3.8) is 0 Å². The Morgan fingerprint density at radius 1 is 1.29 bits per heavy atom. The lowest BCUT2D eigenvalue weighted by Gasteiger charge is -2.34. The van der Waals surface area contributed by atoms with Crippen LogP contribution in [0.3, 0.4) is 0 Å². The molecule has 0 bridgehead atoms. The third-order valence-corrected chi connectivity index (χ3v) is 2.44. The first-order valence-electron chi connectivity index (χ1n) is 4.70. The summed E-state index contributed by atoms with van der Waals surface area (Å²) in [6.45, 7) is 2.20. The minimum absolute atomic E-state index is 0.313. The first kappa shape index (κ1) is 11.6. The first-order valence-corrected chi connectivity index (χ1v) is 4.70. The molecule has 14 heavy (non-hydrogen) atoms. The first-order chi connectivity index (χ1) is 6.61. The van der Waals surface area contributed by atoms with E-state index >= 15 is 0 Å². The van der Waals surface area contributed by atoms with Gasteiger partial charge in [-0.3, -0.25) is 0 Å². The van der Waals surface area contributed by atoms with Gasteiger partial charge in [-0.05, 0) is 12.1 Å². The van der Waals surface area contributed by atoms with Crippen molar-refractivity contribution >= 4 is 0 Å². The highest BCUT2D eigenvalue weighted by atomic mass is 16.4. The maximum atomic E-state index is 9.55. The van der Waals surface area contributed by atoms with E-state index in [1.165, 1.54) is 0 Å². The van der Waals surface area contributed by atoms with Gasteiger partial charge >= 0.3 is 0 Å². The Hall–Kier alpha value is -0.460. The van der Waals surface area contributed by atoms with Crippen molar-refractivity contribution in [3.05, 3.63) is 11.6 Å². The second-order valence-electron chi connectivity index (χ2n) is 3.41. The fraction of sp³-hybridized carbons (Fsp3) is 0.778. The minimum atomic E-state index is -1.24. The number of hydrogen-bond acceptors (Lipinski definition) is 5. The molecule has 0 heterocycles. The summed E-state index contributed by atoms with van der Waals surface area (Å²) in [5.74, 6) is 0. The predicted molar refractivity (Wildman–Crippen MR) is 50.7 cm³/mol. The molecule has 4 atom stereocenters. The van der Waals surface area contributed by atoms with E-state index in [1.54, 1.807) is 6.08 Å². The van der Waals surface area contributed by atoms with Gasteiger partial charge in [0.05, 0.1) is 12.6 Å². The van der Waals surface area contributed by atoms with Gasteiger partial charge in [0.25, 0.3) is 0 Å². The Labute approximate surface area is 82.7 Å². The monoisotopic (exact) mass is 203 g/mol. The molecule has 82 valence electrons. The number of hydrogen-bond donors (Lipinski definition) is 5. The van der Waals surface area contributed by atoms with Gasteiger partial charge in [-0.25, -0.2) is 0 Å². The molecule has 0 amide bonds. The molecule has 0 spiro atoms. The molecule has 0 aromatic rings. The fourth-order valence-electron chi connectivity index (χ4n) is 1.61. The summed E-state index contributed by atoms with van der Waals surface area (Å²) in [6, 6.07) is -0.416. The lowest BCUT2D eigenvalue weighted by atomic mass is 9.88. The van der Waals surface area contributed by atoms with Crippen molar-refractivity contribution in [2.75, 3.05) is 13.2 Å². The van der Waals surface area contributed by atoms with Crippen LogP contribution in [0.4, 0.5) is 0 Å². The average Bonchev–Trinajstić information content (AvgIpc) is 2.19. The summed E-state index contributed by atoms with van der Waals surface area (Å²) in [5.41, 5.74) is 0.341. The SMILES string of the molecule is CCNC1C=C(CO)C(O)C(O)C1O. The van der Waals surface area contributed by atoms with Gasteiger partial charge in [-0.2, -0.15) is 0 Å². The molecule has 5 nitrogen and oxygen atoms in total. The van der Waals surface area contributed by atoms with Gasteiger partial charge in [0.1, 0.15) is 18.3 Å². The molecule has 0 aliphatic heterocycles. The number of nitrogens with one attached hydrogen (secondary N) is 1. The van der Waals surface area contributed by atoms with E-state index in [0.717, 1.165) is 0 Å². The second kappa shape index (κ2) is 4.86. The summed E-state index contributed by atoms with van der Waals surface area (Å²) in [7, 11) is 0. The van der Waals surface area contributed by atoms with Gasteiger partial charge in [-0.1, -0.05) is 13.0 Å². The van der Waals surface area contributed by atoms with Gasteiger partial charge in [0.2, 0.25) is 0 Å². The highest BCUT2D eigenvalue weighted by Gasteiger charge is 2.36. The summed E-state index contributed by atoms with van der Waals surface area (Å²) in [6.07, 6.45) is -1.90. The number of aliphatic hydroxyl groups excluding tert-OH is 4. The van der Waals surface area contributed by atoms with Crippen molar-refractivity contribution in [1.82, 2.24) is 5.32 Å². The van der Waals surface area contributed by atoms with Crippen LogP contribution in [0.1, 0.15) is 6.92 Å². The fourth-order valence-corrected chi connectivity index (χ4v) is 1.61. The van der Waals surface area contributed by atoms with Crippen molar-refractivity contribution in [3.8, 4) is 0 Å². The van der Waals surface area contributed by atoms with E-state index < -0.39 is 24.4 Å². The standard InChI is InChI=1S/C9H17NO4/c1-2-10-6-3-5(4-11)7(12)9(14)8(6)13/h3,6-14H,2,4H2,1H3. The number of rotatable bonds is 3. The van der Waals surface area contributed by atoms with E-state index in [9.17, 15) is 15.3 Å². The van der Waals surface area contributed by atoms with E-state index in [1.807, 2.05) is 6.92 Å². The predicted octanol–water partition coefficient (Wildman–Crippen LogP) is -2.02. The highest BCUT2D eigenvalue weighted by molar-refractivity contribution is 5.21. The summed E-state index contributed by atoms with van der Waals surface area (Å²) in [4.78, 5) is 0. The molecular weight excluding hydrogens is 186 g/mol. The number of likely N-dealkylation sites (N-methyl/N-ethyl adjacent to an activating group) is 1. The third kappa shape index (κ3) is 2.13. The van der Waals surface area contributed by atoms with Crippen LogP contribution >= 0.6 is 0 Å². The van der Waals surface area contributed by atoms with Crippen LogP contribution in [0.5, 0.6) is 0 Å². The Balaban J connectivity index is 2.81. The average molecular weight is 203 g/mol. The van der Waals surface area contributed by atoms with Gasteiger partial charge < -0.3 is 25.7 Å². The van der Waals surface area contributed by atoms with E-state index in [2.05, 4.69) is 5.32 Å². The zero-order valence-corrected chi connectivity index (χ0v) is 8.09. The highest BCUT2D eigenvalue weighted by Crippen LogP contribution is 2.19. The molecule has 5 heteroatoms.